The fourth-order valence-electron chi connectivity index (χ4n) is 2.49. The summed E-state index contributed by atoms with van der Waals surface area (Å²) in [5, 5.41) is 0.408. The Morgan fingerprint density at radius 3 is 2.58 bits per heavy atom. The first-order valence-corrected chi connectivity index (χ1v) is 8.00. The van der Waals surface area contributed by atoms with Crippen molar-refractivity contribution in [2.45, 2.75) is 25.7 Å². The molecule has 0 saturated carbocycles. The second kappa shape index (κ2) is 7.45. The minimum Gasteiger partial charge on any atom is -0.261 e. The molecule has 4 nitrogen and oxygen atoms in total. The molecule has 0 saturated heterocycles. The quantitative estimate of drug-likeness (QED) is 0.658. The summed E-state index contributed by atoms with van der Waals surface area (Å²) < 4.78 is 13.0. The highest BCUT2D eigenvalue weighted by Crippen LogP contribution is 2.20. The highest BCUT2D eigenvalue weighted by molar-refractivity contribution is 6.29. The van der Waals surface area contributed by atoms with Gasteiger partial charge < -0.3 is 0 Å². The van der Waals surface area contributed by atoms with E-state index < -0.39 is 0 Å². The fourth-order valence-corrected chi connectivity index (χ4v) is 2.71. The molecule has 6 heteroatoms. The lowest BCUT2D eigenvalue weighted by Crippen LogP contribution is -2.06. The van der Waals surface area contributed by atoms with Crippen LogP contribution < -0.4 is 0 Å². The SMILES string of the molecule is C[C@H](Cc1nc(Cl)cc(Cc2cnccn2)n1)c1ccc(F)cc1. The smallest absolute Gasteiger partial charge is 0.133 e. The summed E-state index contributed by atoms with van der Waals surface area (Å²) in [6.07, 6.45) is 6.16. The second-order valence-corrected chi connectivity index (χ2v) is 6.02. The summed E-state index contributed by atoms with van der Waals surface area (Å²) in [7, 11) is 0. The maximum Gasteiger partial charge on any atom is 0.133 e. The molecule has 24 heavy (non-hydrogen) atoms. The lowest BCUT2D eigenvalue weighted by atomic mass is 9.97. The molecule has 0 spiro atoms. The number of halogens is 2. The molecule has 2 heterocycles. The second-order valence-electron chi connectivity index (χ2n) is 5.63. The van der Waals surface area contributed by atoms with E-state index in [1.807, 2.05) is 0 Å². The molecule has 0 amide bonds. The first-order valence-electron chi connectivity index (χ1n) is 7.63. The van der Waals surface area contributed by atoms with Gasteiger partial charge in [-0.15, -0.1) is 0 Å². The Morgan fingerprint density at radius 1 is 1.08 bits per heavy atom. The molecule has 3 aromatic rings. The van der Waals surface area contributed by atoms with Gasteiger partial charge in [-0.1, -0.05) is 30.7 Å². The number of nitrogens with zero attached hydrogens (tertiary/aromatic N) is 4. The monoisotopic (exact) mass is 342 g/mol. The van der Waals surface area contributed by atoms with Crippen LogP contribution in [0.4, 0.5) is 4.39 Å². The average molecular weight is 343 g/mol. The molecule has 0 aliphatic rings. The van der Waals surface area contributed by atoms with Crippen LogP contribution in [0.25, 0.3) is 0 Å². The summed E-state index contributed by atoms with van der Waals surface area (Å²) in [6, 6.07) is 8.23. The van der Waals surface area contributed by atoms with Crippen LogP contribution in [0.3, 0.4) is 0 Å². The van der Waals surface area contributed by atoms with Gasteiger partial charge in [-0.05, 0) is 29.7 Å². The van der Waals surface area contributed by atoms with Crippen LogP contribution in [-0.4, -0.2) is 19.9 Å². The van der Waals surface area contributed by atoms with E-state index in [1.165, 1.54) is 12.1 Å². The van der Waals surface area contributed by atoms with Crippen molar-refractivity contribution in [3.8, 4) is 0 Å². The molecular weight excluding hydrogens is 327 g/mol. The molecule has 0 radical (unpaired) electrons. The molecular formula is C18H16ClFN4. The summed E-state index contributed by atoms with van der Waals surface area (Å²) in [4.78, 5) is 17.2. The molecule has 1 aromatic carbocycles. The number of hydrogen-bond acceptors (Lipinski definition) is 4. The Kier molecular flexibility index (Phi) is 5.11. The normalized spacial score (nSPS) is 12.1. The number of rotatable bonds is 5. The van der Waals surface area contributed by atoms with E-state index in [9.17, 15) is 4.39 Å². The van der Waals surface area contributed by atoms with Gasteiger partial charge in [-0.25, -0.2) is 14.4 Å². The predicted octanol–water partition coefficient (Wildman–Crippen LogP) is 4.00. The van der Waals surface area contributed by atoms with Crippen molar-refractivity contribution < 1.29 is 4.39 Å². The molecule has 3 rings (SSSR count). The van der Waals surface area contributed by atoms with Crippen LogP contribution >= 0.6 is 11.6 Å². The maximum atomic E-state index is 13.0. The fraction of sp³-hybridized carbons (Fsp3) is 0.222. The summed E-state index contributed by atoms with van der Waals surface area (Å²) in [5.74, 6) is 0.586. The Hall–Kier alpha value is -2.40. The molecule has 0 bridgehead atoms. The van der Waals surface area contributed by atoms with Crippen molar-refractivity contribution in [1.82, 2.24) is 19.9 Å². The standard InChI is InChI=1S/C18H16ClFN4/c1-12(13-2-4-14(20)5-3-13)8-18-23-15(10-17(19)24-18)9-16-11-21-6-7-22-16/h2-7,10-12H,8-9H2,1H3/t12-/m1/s1. The molecule has 0 N–H and O–H groups in total. The van der Waals surface area contributed by atoms with E-state index >= 15 is 0 Å². The van der Waals surface area contributed by atoms with Gasteiger partial charge in [-0.3, -0.25) is 9.97 Å². The van der Waals surface area contributed by atoms with E-state index in [1.54, 1.807) is 36.8 Å². The zero-order chi connectivity index (χ0) is 16.9. The molecule has 2 aromatic heterocycles. The highest BCUT2D eigenvalue weighted by Gasteiger charge is 2.11. The van der Waals surface area contributed by atoms with E-state index in [-0.39, 0.29) is 11.7 Å². The third kappa shape index (κ3) is 4.32. The predicted molar refractivity (Wildman–Crippen MR) is 90.4 cm³/mol. The van der Waals surface area contributed by atoms with Crippen molar-refractivity contribution in [3.63, 3.8) is 0 Å². The summed E-state index contributed by atoms with van der Waals surface area (Å²) >= 11 is 6.13. The van der Waals surface area contributed by atoms with Gasteiger partial charge in [0.1, 0.15) is 16.8 Å². The molecule has 0 fully saturated rings. The molecule has 1 atom stereocenters. The van der Waals surface area contributed by atoms with E-state index in [0.717, 1.165) is 17.0 Å². The first kappa shape index (κ1) is 16.5. The minimum atomic E-state index is -0.240. The molecule has 122 valence electrons. The zero-order valence-electron chi connectivity index (χ0n) is 13.2. The summed E-state index contributed by atoms with van der Waals surface area (Å²) in [5.41, 5.74) is 2.66. The van der Waals surface area contributed by atoms with Gasteiger partial charge in [-0.2, -0.15) is 0 Å². The van der Waals surface area contributed by atoms with Crippen LogP contribution in [0, 0.1) is 5.82 Å². The molecule has 0 aliphatic carbocycles. The Morgan fingerprint density at radius 2 is 1.88 bits per heavy atom. The van der Waals surface area contributed by atoms with E-state index in [2.05, 4.69) is 26.9 Å². The minimum absolute atomic E-state index is 0.161. The van der Waals surface area contributed by atoms with E-state index in [0.29, 0.717) is 23.8 Å². The van der Waals surface area contributed by atoms with Crippen LogP contribution in [0.15, 0.2) is 48.9 Å². The Bertz CT molecular complexity index is 809. The largest absolute Gasteiger partial charge is 0.261 e. The topological polar surface area (TPSA) is 51.6 Å². The van der Waals surface area contributed by atoms with Gasteiger partial charge in [0.2, 0.25) is 0 Å². The average Bonchev–Trinajstić information content (AvgIpc) is 2.55. The van der Waals surface area contributed by atoms with Crippen LogP contribution in [-0.2, 0) is 12.8 Å². The van der Waals surface area contributed by atoms with Crippen molar-refractivity contribution in [2.24, 2.45) is 0 Å². The Balaban J connectivity index is 1.77. The molecule has 0 aliphatic heterocycles. The van der Waals surface area contributed by atoms with Gasteiger partial charge in [0.25, 0.3) is 0 Å². The summed E-state index contributed by atoms with van der Waals surface area (Å²) in [6.45, 7) is 2.06. The van der Waals surface area contributed by atoms with Gasteiger partial charge in [0.05, 0.1) is 11.4 Å². The third-order valence-corrected chi connectivity index (χ3v) is 3.89. The third-order valence-electron chi connectivity index (χ3n) is 3.70. The van der Waals surface area contributed by atoms with Gasteiger partial charge in [0, 0.05) is 31.4 Å². The zero-order valence-corrected chi connectivity index (χ0v) is 13.9. The van der Waals surface area contributed by atoms with Crippen LogP contribution in [0.1, 0.15) is 35.6 Å². The Labute approximate surface area is 144 Å². The lowest BCUT2D eigenvalue weighted by Gasteiger charge is -2.12. The van der Waals surface area contributed by atoms with E-state index in [4.69, 9.17) is 11.6 Å². The van der Waals surface area contributed by atoms with Crippen molar-refractivity contribution in [2.75, 3.05) is 0 Å². The van der Waals surface area contributed by atoms with Gasteiger partial charge in [0.15, 0.2) is 0 Å². The van der Waals surface area contributed by atoms with Crippen molar-refractivity contribution in [1.29, 1.82) is 0 Å². The highest BCUT2D eigenvalue weighted by atomic mass is 35.5. The molecule has 0 unspecified atom stereocenters. The number of hydrogen-bond donors (Lipinski definition) is 0. The first-order chi connectivity index (χ1) is 11.6. The maximum absolute atomic E-state index is 13.0. The van der Waals surface area contributed by atoms with Gasteiger partial charge >= 0.3 is 0 Å². The van der Waals surface area contributed by atoms with Crippen LogP contribution in [0.2, 0.25) is 5.15 Å². The van der Waals surface area contributed by atoms with Crippen molar-refractivity contribution in [3.05, 3.63) is 82.7 Å². The number of aromatic nitrogens is 4. The number of benzene rings is 1. The lowest BCUT2D eigenvalue weighted by molar-refractivity contribution is 0.624. The van der Waals surface area contributed by atoms with Crippen LogP contribution in [0.5, 0.6) is 0 Å². The van der Waals surface area contributed by atoms with Crippen molar-refractivity contribution >= 4 is 11.6 Å².